The summed E-state index contributed by atoms with van der Waals surface area (Å²) in [6.45, 7) is 0. The summed E-state index contributed by atoms with van der Waals surface area (Å²) >= 11 is 0. The van der Waals surface area contributed by atoms with Crippen LogP contribution in [0.1, 0.15) is 5.56 Å². The van der Waals surface area contributed by atoms with Gasteiger partial charge in [-0.3, -0.25) is 0 Å². The number of rotatable bonds is 0. The van der Waals surface area contributed by atoms with E-state index in [2.05, 4.69) is 29.2 Å². The van der Waals surface area contributed by atoms with E-state index < -0.39 is 0 Å². The fourth-order valence-corrected chi connectivity index (χ4v) is 2.69. The third-order valence-electron chi connectivity index (χ3n) is 1.73. The molecule has 0 fully saturated rings. The topological polar surface area (TPSA) is 12.0 Å². The van der Waals surface area contributed by atoms with Crippen LogP contribution in [0.3, 0.4) is 0 Å². The normalized spacial score (nSPS) is 17.3. The van der Waals surface area contributed by atoms with Gasteiger partial charge in [-0.25, -0.2) is 0 Å². The molecule has 1 aromatic carbocycles. The standard InChI is InChI=1S/C7H9NSi/c1-2-4-7-6(3-1)5-9-8-7/h1-4,8H,5,9H2. The minimum Gasteiger partial charge on any atom is -0.415 e. The number of hydrogen-bond donors (Lipinski definition) is 1. The average Bonchev–Trinajstić information content (AvgIpc) is 2.33. The first-order valence-electron chi connectivity index (χ1n) is 3.28. The van der Waals surface area contributed by atoms with E-state index in [1.165, 1.54) is 17.3 Å². The van der Waals surface area contributed by atoms with Crippen LogP contribution < -0.4 is 4.98 Å². The molecule has 1 N–H and O–H groups in total. The molecule has 1 nitrogen and oxygen atoms in total. The van der Waals surface area contributed by atoms with Crippen LogP contribution in [0.5, 0.6) is 0 Å². The van der Waals surface area contributed by atoms with Gasteiger partial charge in [0, 0.05) is 5.69 Å². The van der Waals surface area contributed by atoms with Crippen LogP contribution in [-0.2, 0) is 6.04 Å². The Morgan fingerprint density at radius 2 is 2.22 bits per heavy atom. The monoisotopic (exact) mass is 135 g/mol. The van der Waals surface area contributed by atoms with Crippen molar-refractivity contribution in [1.82, 2.24) is 0 Å². The summed E-state index contributed by atoms with van der Waals surface area (Å²) in [6, 6.07) is 9.90. The Labute approximate surface area is 57.0 Å². The van der Waals surface area contributed by atoms with Gasteiger partial charge in [-0.15, -0.1) is 0 Å². The summed E-state index contributed by atoms with van der Waals surface area (Å²) in [6.07, 6.45) is 0. The predicted molar refractivity (Wildman–Crippen MR) is 42.3 cm³/mol. The van der Waals surface area contributed by atoms with Crippen molar-refractivity contribution in [2.75, 3.05) is 4.98 Å². The van der Waals surface area contributed by atoms with E-state index in [0.29, 0.717) is 0 Å². The molecule has 0 unspecified atom stereocenters. The first-order chi connectivity index (χ1) is 4.47. The van der Waals surface area contributed by atoms with Gasteiger partial charge in [-0.2, -0.15) is 0 Å². The molecule has 0 saturated carbocycles. The minimum atomic E-state index is 0.0398. The molecule has 2 rings (SSSR count). The van der Waals surface area contributed by atoms with Gasteiger partial charge < -0.3 is 4.98 Å². The van der Waals surface area contributed by atoms with Crippen LogP contribution in [0, 0.1) is 0 Å². The maximum absolute atomic E-state index is 3.44. The van der Waals surface area contributed by atoms with Crippen LogP contribution in [0.4, 0.5) is 5.69 Å². The number of nitrogens with one attached hydrogen (secondary N) is 1. The molecule has 0 bridgehead atoms. The highest BCUT2D eigenvalue weighted by Gasteiger charge is 2.06. The van der Waals surface area contributed by atoms with Crippen molar-refractivity contribution >= 4 is 15.4 Å². The lowest BCUT2D eigenvalue weighted by Crippen LogP contribution is -1.96. The van der Waals surface area contributed by atoms with Gasteiger partial charge >= 0.3 is 0 Å². The van der Waals surface area contributed by atoms with E-state index in [9.17, 15) is 0 Å². The van der Waals surface area contributed by atoms with Gasteiger partial charge in [0.25, 0.3) is 0 Å². The number of benzene rings is 1. The molecule has 1 heterocycles. The Hall–Kier alpha value is -0.763. The van der Waals surface area contributed by atoms with E-state index >= 15 is 0 Å². The zero-order valence-electron chi connectivity index (χ0n) is 5.22. The Bertz CT molecular complexity index is 199. The highest BCUT2D eigenvalue weighted by Crippen LogP contribution is 2.18. The predicted octanol–water partition coefficient (Wildman–Crippen LogP) is 0.696. The molecule has 9 heavy (non-hydrogen) atoms. The SMILES string of the molecule is c1ccc2c(c1)C[SiH2]N2. The lowest BCUT2D eigenvalue weighted by molar-refractivity contribution is 1.45. The van der Waals surface area contributed by atoms with Crippen molar-refractivity contribution in [3.05, 3.63) is 29.8 Å². The second-order valence-electron chi connectivity index (χ2n) is 2.33. The number of anilines is 1. The number of hydrogen-bond acceptors (Lipinski definition) is 1. The summed E-state index contributed by atoms with van der Waals surface area (Å²) in [5.41, 5.74) is 2.90. The smallest absolute Gasteiger partial charge is 0.125 e. The molecule has 1 aliphatic rings. The Morgan fingerprint density at radius 3 is 3.11 bits per heavy atom. The highest BCUT2D eigenvalue weighted by atomic mass is 28.2. The Balaban J connectivity index is 2.54. The second kappa shape index (κ2) is 1.88. The van der Waals surface area contributed by atoms with E-state index in [4.69, 9.17) is 0 Å². The molecule has 0 saturated heterocycles. The second-order valence-corrected chi connectivity index (χ2v) is 3.69. The van der Waals surface area contributed by atoms with Gasteiger partial charge in [0.15, 0.2) is 0 Å². The van der Waals surface area contributed by atoms with Crippen LogP contribution >= 0.6 is 0 Å². The molecule has 2 heteroatoms. The Kier molecular flexibility index (Phi) is 1.06. The molecule has 0 amide bonds. The van der Waals surface area contributed by atoms with E-state index in [0.717, 1.165) is 0 Å². The summed E-state index contributed by atoms with van der Waals surface area (Å²) < 4.78 is 0. The van der Waals surface area contributed by atoms with Crippen molar-refractivity contribution in [3.63, 3.8) is 0 Å². The number of fused-ring (bicyclic) bond motifs is 1. The van der Waals surface area contributed by atoms with E-state index in [1.807, 2.05) is 0 Å². The summed E-state index contributed by atoms with van der Waals surface area (Å²) in [5, 5.41) is 0. The minimum absolute atomic E-state index is 0.0398. The molecular formula is C7H9NSi. The third kappa shape index (κ3) is 0.753. The largest absolute Gasteiger partial charge is 0.415 e. The van der Waals surface area contributed by atoms with Gasteiger partial charge in [0.05, 0.1) is 0 Å². The van der Waals surface area contributed by atoms with Crippen LogP contribution in [0.15, 0.2) is 24.3 Å². The molecule has 0 atom stereocenters. The quantitative estimate of drug-likeness (QED) is 0.516. The molecule has 0 radical (unpaired) electrons. The summed E-state index contributed by atoms with van der Waals surface area (Å²) in [4.78, 5) is 3.44. The molecule has 0 spiro atoms. The molecule has 1 aromatic rings. The molecule has 1 aliphatic heterocycles. The lowest BCUT2D eigenvalue weighted by atomic mass is 10.2. The lowest BCUT2D eigenvalue weighted by Gasteiger charge is -1.95. The zero-order chi connectivity index (χ0) is 6.10. The van der Waals surface area contributed by atoms with Gasteiger partial charge in [-0.1, -0.05) is 18.2 Å². The fourth-order valence-electron chi connectivity index (χ4n) is 1.24. The maximum atomic E-state index is 3.44. The summed E-state index contributed by atoms with van der Waals surface area (Å²) in [7, 11) is 0.0398. The van der Waals surface area contributed by atoms with Crippen LogP contribution in [-0.4, -0.2) is 9.68 Å². The first-order valence-corrected chi connectivity index (χ1v) is 4.99. The van der Waals surface area contributed by atoms with Crippen LogP contribution in [0.2, 0.25) is 0 Å². The van der Waals surface area contributed by atoms with Crippen molar-refractivity contribution in [1.29, 1.82) is 0 Å². The molecular weight excluding hydrogens is 126 g/mol. The average molecular weight is 135 g/mol. The molecule has 0 aliphatic carbocycles. The van der Waals surface area contributed by atoms with Crippen LogP contribution in [0.25, 0.3) is 0 Å². The van der Waals surface area contributed by atoms with E-state index in [1.54, 1.807) is 0 Å². The first kappa shape index (κ1) is 5.06. The maximum Gasteiger partial charge on any atom is 0.125 e. The zero-order valence-corrected chi connectivity index (χ0v) is 6.64. The van der Waals surface area contributed by atoms with Crippen molar-refractivity contribution < 1.29 is 0 Å². The molecule has 46 valence electrons. The van der Waals surface area contributed by atoms with Gasteiger partial charge in [0.2, 0.25) is 0 Å². The summed E-state index contributed by atoms with van der Waals surface area (Å²) in [5.74, 6) is 0. The van der Waals surface area contributed by atoms with Gasteiger partial charge in [0.1, 0.15) is 9.68 Å². The molecule has 0 aromatic heterocycles. The number of para-hydroxylation sites is 1. The van der Waals surface area contributed by atoms with Crippen molar-refractivity contribution in [3.8, 4) is 0 Å². The Morgan fingerprint density at radius 1 is 1.33 bits per heavy atom. The van der Waals surface area contributed by atoms with Crippen molar-refractivity contribution in [2.45, 2.75) is 6.04 Å². The van der Waals surface area contributed by atoms with Crippen molar-refractivity contribution in [2.24, 2.45) is 0 Å². The third-order valence-corrected chi connectivity index (χ3v) is 3.15. The highest BCUT2D eigenvalue weighted by molar-refractivity contribution is 6.42. The fraction of sp³-hybridized carbons (Fsp3) is 0.143. The van der Waals surface area contributed by atoms with Gasteiger partial charge in [-0.05, 0) is 17.7 Å². The van der Waals surface area contributed by atoms with E-state index in [-0.39, 0.29) is 9.68 Å².